The minimum absolute atomic E-state index is 0.581. The molecule has 1 aromatic heterocycles. The summed E-state index contributed by atoms with van der Waals surface area (Å²) in [6.45, 7) is 0. The average molecular weight is 228 g/mol. The highest BCUT2D eigenvalue weighted by molar-refractivity contribution is 8.21. The first-order valence-corrected chi connectivity index (χ1v) is 6.66. The van der Waals surface area contributed by atoms with E-state index in [4.69, 9.17) is 10.7 Å². The Labute approximate surface area is 87.6 Å². The van der Waals surface area contributed by atoms with Gasteiger partial charge in [0, 0.05) is 29.0 Å². The van der Waals surface area contributed by atoms with Crippen molar-refractivity contribution in [3.63, 3.8) is 0 Å². The number of fused-ring (bicyclic) bond motifs is 1. The molecule has 1 atom stereocenters. The predicted molar refractivity (Wildman–Crippen MR) is 62.3 cm³/mol. The zero-order valence-corrected chi connectivity index (χ0v) is 9.31. The summed E-state index contributed by atoms with van der Waals surface area (Å²) in [6.07, 6.45) is 1.95. The molecule has 0 aliphatic rings. The van der Waals surface area contributed by atoms with E-state index in [1.807, 2.05) is 36.0 Å². The maximum Gasteiger partial charge on any atom is 0.0760 e. The molecule has 0 saturated heterocycles. The standard InChI is InChI=1S/C10H10ClNOS/c1-12-6-5-8-7-9(14(2,11)13)3-4-10(8)12/h3-7H,2H2,1H3. The maximum absolute atomic E-state index is 11.5. The van der Waals surface area contributed by atoms with Crippen LogP contribution in [0.4, 0.5) is 0 Å². The molecule has 74 valence electrons. The number of nitrogens with zero attached hydrogens (tertiary/aromatic N) is 1. The molecular weight excluding hydrogens is 218 g/mol. The highest BCUT2D eigenvalue weighted by Crippen LogP contribution is 2.21. The smallest absolute Gasteiger partial charge is 0.0760 e. The van der Waals surface area contributed by atoms with Crippen molar-refractivity contribution in [1.82, 2.24) is 4.57 Å². The normalized spacial score (nSPS) is 15.6. The third kappa shape index (κ3) is 1.53. The molecule has 0 aliphatic carbocycles. The summed E-state index contributed by atoms with van der Waals surface area (Å²) in [7, 11) is 5.02. The van der Waals surface area contributed by atoms with Gasteiger partial charge in [-0.1, -0.05) is 0 Å². The van der Waals surface area contributed by atoms with Crippen LogP contribution in [-0.4, -0.2) is 14.6 Å². The summed E-state index contributed by atoms with van der Waals surface area (Å²) in [5.41, 5.74) is 1.09. The summed E-state index contributed by atoms with van der Waals surface area (Å²) >= 11 is 0. The van der Waals surface area contributed by atoms with E-state index >= 15 is 0 Å². The van der Waals surface area contributed by atoms with Gasteiger partial charge in [-0.3, -0.25) is 0 Å². The lowest BCUT2D eigenvalue weighted by atomic mass is 10.2. The molecule has 0 saturated carbocycles. The number of aromatic nitrogens is 1. The minimum Gasteiger partial charge on any atom is -0.351 e. The van der Waals surface area contributed by atoms with Crippen molar-refractivity contribution in [2.45, 2.75) is 4.90 Å². The van der Waals surface area contributed by atoms with Crippen molar-refractivity contribution in [2.24, 2.45) is 7.05 Å². The average Bonchev–Trinajstić information content (AvgIpc) is 2.46. The molecule has 0 aliphatic heterocycles. The van der Waals surface area contributed by atoms with Crippen LogP contribution in [0.3, 0.4) is 0 Å². The van der Waals surface area contributed by atoms with Crippen LogP contribution in [0, 0.1) is 0 Å². The summed E-state index contributed by atoms with van der Waals surface area (Å²) in [6, 6.07) is 7.43. The van der Waals surface area contributed by atoms with Gasteiger partial charge in [0.05, 0.1) is 8.74 Å². The number of hydrogen-bond acceptors (Lipinski definition) is 1. The molecule has 2 rings (SSSR count). The van der Waals surface area contributed by atoms with Crippen LogP contribution >= 0.6 is 10.7 Å². The summed E-state index contributed by atoms with van der Waals surface area (Å²) in [4.78, 5) is 0.581. The molecule has 2 nitrogen and oxygen atoms in total. The Bertz CT molecular complexity index is 583. The predicted octanol–water partition coefficient (Wildman–Crippen LogP) is 2.41. The van der Waals surface area contributed by atoms with Crippen LogP contribution < -0.4 is 0 Å². The van der Waals surface area contributed by atoms with Gasteiger partial charge in [-0.15, -0.1) is 0 Å². The topological polar surface area (TPSA) is 22.0 Å². The Balaban J connectivity index is 2.76. The fourth-order valence-corrected chi connectivity index (χ4v) is 2.31. The zero-order valence-electron chi connectivity index (χ0n) is 7.74. The van der Waals surface area contributed by atoms with Gasteiger partial charge in [-0.2, -0.15) is 0 Å². The lowest BCUT2D eigenvalue weighted by Crippen LogP contribution is -1.90. The lowest BCUT2D eigenvalue weighted by molar-refractivity contribution is 0.689. The zero-order chi connectivity index (χ0) is 10.3. The first-order valence-electron chi connectivity index (χ1n) is 4.10. The Hall–Kier alpha value is -0.930. The van der Waals surface area contributed by atoms with Crippen molar-refractivity contribution in [3.8, 4) is 0 Å². The monoisotopic (exact) mass is 227 g/mol. The number of aryl methyl sites for hydroxylation is 1. The fraction of sp³-hybridized carbons (Fsp3) is 0.100. The molecule has 0 amide bonds. The molecule has 14 heavy (non-hydrogen) atoms. The van der Waals surface area contributed by atoms with Gasteiger partial charge in [-0.25, -0.2) is 4.21 Å². The quantitative estimate of drug-likeness (QED) is 0.542. The van der Waals surface area contributed by atoms with Gasteiger partial charge in [0.2, 0.25) is 0 Å². The summed E-state index contributed by atoms with van der Waals surface area (Å²) in [5, 5.41) is 1.03. The molecular formula is C10H10ClNOS. The van der Waals surface area contributed by atoms with Crippen LogP contribution in [0.5, 0.6) is 0 Å². The molecule has 0 spiro atoms. The SMILES string of the molecule is C=S(=O)(Cl)c1ccc2c(ccn2C)c1. The van der Waals surface area contributed by atoms with Crippen LogP contribution in [0.2, 0.25) is 0 Å². The third-order valence-corrected chi connectivity index (χ3v) is 3.70. The number of hydrogen-bond donors (Lipinski definition) is 0. The number of benzene rings is 1. The molecule has 1 unspecified atom stereocenters. The van der Waals surface area contributed by atoms with Crippen molar-refractivity contribution in [3.05, 3.63) is 30.5 Å². The van der Waals surface area contributed by atoms with E-state index in [0.29, 0.717) is 4.90 Å². The number of halogens is 1. The lowest BCUT2D eigenvalue weighted by Gasteiger charge is -2.01. The van der Waals surface area contributed by atoms with Crippen molar-refractivity contribution in [1.29, 1.82) is 0 Å². The van der Waals surface area contributed by atoms with Gasteiger partial charge in [-0.05, 0) is 40.8 Å². The van der Waals surface area contributed by atoms with Crippen molar-refractivity contribution >= 4 is 36.2 Å². The maximum atomic E-state index is 11.5. The van der Waals surface area contributed by atoms with E-state index < -0.39 is 8.74 Å². The van der Waals surface area contributed by atoms with E-state index in [1.165, 1.54) is 0 Å². The molecule has 1 heterocycles. The third-order valence-electron chi connectivity index (χ3n) is 2.21. The van der Waals surface area contributed by atoms with Gasteiger partial charge in [0.1, 0.15) is 0 Å². The van der Waals surface area contributed by atoms with Crippen LogP contribution in [0.15, 0.2) is 35.4 Å². The first-order chi connectivity index (χ1) is 6.48. The first kappa shape index (κ1) is 9.62. The molecule has 0 radical (unpaired) electrons. The summed E-state index contributed by atoms with van der Waals surface area (Å²) < 4.78 is 13.5. The minimum atomic E-state index is -2.62. The largest absolute Gasteiger partial charge is 0.351 e. The van der Waals surface area contributed by atoms with E-state index in [-0.39, 0.29) is 0 Å². The summed E-state index contributed by atoms with van der Waals surface area (Å²) in [5.74, 6) is 3.44. The molecule has 4 heteroatoms. The Kier molecular flexibility index (Phi) is 2.09. The second-order valence-corrected chi connectivity index (χ2v) is 6.40. The Morgan fingerprint density at radius 2 is 2.14 bits per heavy atom. The molecule has 0 bridgehead atoms. The molecule has 2 aromatic rings. The van der Waals surface area contributed by atoms with Crippen LogP contribution in [-0.2, 0) is 15.8 Å². The van der Waals surface area contributed by atoms with Gasteiger partial charge in [0.15, 0.2) is 0 Å². The second kappa shape index (κ2) is 3.04. The van der Waals surface area contributed by atoms with Gasteiger partial charge >= 0.3 is 0 Å². The number of rotatable bonds is 1. The van der Waals surface area contributed by atoms with Gasteiger partial charge in [0.25, 0.3) is 0 Å². The molecule has 0 N–H and O–H groups in total. The van der Waals surface area contributed by atoms with Crippen LogP contribution in [0.1, 0.15) is 0 Å². The Morgan fingerprint density at radius 1 is 1.43 bits per heavy atom. The van der Waals surface area contributed by atoms with Crippen molar-refractivity contribution in [2.75, 3.05) is 0 Å². The fourth-order valence-electron chi connectivity index (χ4n) is 1.45. The molecule has 1 aromatic carbocycles. The highest BCUT2D eigenvalue weighted by Gasteiger charge is 2.05. The van der Waals surface area contributed by atoms with Crippen molar-refractivity contribution < 1.29 is 4.21 Å². The van der Waals surface area contributed by atoms with E-state index in [0.717, 1.165) is 10.9 Å². The Morgan fingerprint density at radius 3 is 2.79 bits per heavy atom. The highest BCUT2D eigenvalue weighted by atomic mass is 35.7. The van der Waals surface area contributed by atoms with E-state index in [9.17, 15) is 4.21 Å². The molecule has 0 fully saturated rings. The van der Waals surface area contributed by atoms with E-state index in [1.54, 1.807) is 6.07 Å². The van der Waals surface area contributed by atoms with Gasteiger partial charge < -0.3 is 4.57 Å². The van der Waals surface area contributed by atoms with Crippen LogP contribution in [0.25, 0.3) is 10.9 Å². The van der Waals surface area contributed by atoms with E-state index in [2.05, 4.69) is 5.87 Å². The second-order valence-electron chi connectivity index (χ2n) is 3.24.